The number of amides is 3. The van der Waals surface area contributed by atoms with Crippen LogP contribution in [0.4, 0.5) is 9.59 Å². The van der Waals surface area contributed by atoms with Gasteiger partial charge >= 0.3 is 12.2 Å². The van der Waals surface area contributed by atoms with Crippen molar-refractivity contribution in [1.29, 1.82) is 0 Å². The van der Waals surface area contributed by atoms with Gasteiger partial charge in [-0.2, -0.15) is 9.78 Å². The third-order valence-electron chi connectivity index (χ3n) is 6.42. The van der Waals surface area contributed by atoms with Gasteiger partial charge in [0, 0.05) is 18.2 Å². The van der Waals surface area contributed by atoms with Gasteiger partial charge < -0.3 is 25.8 Å². The summed E-state index contributed by atoms with van der Waals surface area (Å²) in [6, 6.07) is 6.32. The van der Waals surface area contributed by atoms with Gasteiger partial charge in [-0.3, -0.25) is 9.59 Å². The number of nitrogens with zero attached hydrogens (tertiary/aromatic N) is 2. The van der Waals surface area contributed by atoms with Crippen molar-refractivity contribution in [3.63, 3.8) is 0 Å². The molecule has 1 atom stereocenters. The Hall–Kier alpha value is -3.89. The number of carbonyl (C=O) groups is 4. The van der Waals surface area contributed by atoms with E-state index in [1.807, 2.05) is 24.3 Å². The normalized spacial score (nSPS) is 15.9. The minimum atomic E-state index is -1.17. The molecule has 40 heavy (non-hydrogen) atoms. The Morgan fingerprint density at radius 3 is 2.10 bits per heavy atom. The van der Waals surface area contributed by atoms with E-state index in [0.717, 1.165) is 35.1 Å². The second-order valence-electron chi connectivity index (χ2n) is 12.3. The van der Waals surface area contributed by atoms with E-state index in [9.17, 15) is 19.2 Å². The molecule has 218 valence electrons. The van der Waals surface area contributed by atoms with Gasteiger partial charge in [0.15, 0.2) is 0 Å². The van der Waals surface area contributed by atoms with Gasteiger partial charge in [0.25, 0.3) is 0 Å². The van der Waals surface area contributed by atoms with Gasteiger partial charge in [0.05, 0.1) is 6.20 Å². The highest BCUT2D eigenvalue weighted by molar-refractivity contribution is 5.94. The summed E-state index contributed by atoms with van der Waals surface area (Å²) < 4.78 is 11.9. The van der Waals surface area contributed by atoms with E-state index in [-0.39, 0.29) is 6.42 Å². The molecule has 3 rings (SSSR count). The second-order valence-corrected chi connectivity index (χ2v) is 12.3. The zero-order valence-electron chi connectivity index (χ0n) is 24.2. The Kier molecular flexibility index (Phi) is 9.27. The molecule has 0 bridgehead atoms. The summed E-state index contributed by atoms with van der Waals surface area (Å²) in [5.41, 5.74) is 5.42. The number of alkyl carbamates (subject to hydrolysis) is 1. The number of rotatable bonds is 7. The van der Waals surface area contributed by atoms with Crippen LogP contribution in [0.25, 0.3) is 11.1 Å². The molecule has 1 aliphatic rings. The predicted octanol–water partition coefficient (Wildman–Crippen LogP) is 4.07. The van der Waals surface area contributed by atoms with Gasteiger partial charge in [-0.25, -0.2) is 9.59 Å². The molecule has 1 saturated carbocycles. The molecule has 11 nitrogen and oxygen atoms in total. The summed E-state index contributed by atoms with van der Waals surface area (Å²) >= 11 is 0. The lowest BCUT2D eigenvalue weighted by atomic mass is 9.80. The zero-order chi connectivity index (χ0) is 29.7. The van der Waals surface area contributed by atoms with Crippen molar-refractivity contribution < 1.29 is 28.7 Å². The van der Waals surface area contributed by atoms with Crippen LogP contribution in [-0.2, 0) is 25.5 Å². The summed E-state index contributed by atoms with van der Waals surface area (Å²) in [5.74, 6) is -1.13. The lowest BCUT2D eigenvalue weighted by molar-refractivity contribution is -0.133. The van der Waals surface area contributed by atoms with Crippen molar-refractivity contribution >= 4 is 24.0 Å². The van der Waals surface area contributed by atoms with E-state index in [4.69, 9.17) is 15.2 Å². The average Bonchev–Trinajstić information content (AvgIpc) is 3.33. The Morgan fingerprint density at radius 1 is 0.950 bits per heavy atom. The number of aromatic nitrogens is 2. The van der Waals surface area contributed by atoms with Crippen LogP contribution in [0, 0.1) is 0 Å². The number of primary amides is 1. The first-order chi connectivity index (χ1) is 18.6. The third-order valence-corrected chi connectivity index (χ3v) is 6.42. The van der Waals surface area contributed by atoms with Gasteiger partial charge in [0.2, 0.25) is 11.8 Å². The number of ether oxygens (including phenoxy) is 2. The molecule has 1 aromatic heterocycles. The van der Waals surface area contributed by atoms with Crippen LogP contribution in [-0.4, -0.2) is 56.6 Å². The van der Waals surface area contributed by atoms with Gasteiger partial charge in [-0.05, 0) is 65.5 Å². The van der Waals surface area contributed by atoms with E-state index in [1.165, 1.54) is 0 Å². The van der Waals surface area contributed by atoms with E-state index in [2.05, 4.69) is 15.7 Å². The zero-order valence-corrected chi connectivity index (χ0v) is 24.2. The highest BCUT2D eigenvalue weighted by atomic mass is 16.6. The second kappa shape index (κ2) is 12.1. The van der Waals surface area contributed by atoms with E-state index in [0.29, 0.717) is 18.4 Å². The van der Waals surface area contributed by atoms with Crippen molar-refractivity contribution in [2.24, 2.45) is 5.73 Å². The fourth-order valence-corrected chi connectivity index (χ4v) is 4.53. The molecule has 0 spiro atoms. The minimum Gasteiger partial charge on any atom is -0.444 e. The first kappa shape index (κ1) is 30.6. The highest BCUT2D eigenvalue weighted by Crippen LogP contribution is 2.29. The first-order valence-electron chi connectivity index (χ1n) is 13.6. The summed E-state index contributed by atoms with van der Waals surface area (Å²) in [5, 5.41) is 9.64. The molecule has 1 fully saturated rings. The lowest BCUT2D eigenvalue weighted by Crippen LogP contribution is -2.63. The summed E-state index contributed by atoms with van der Waals surface area (Å²) in [4.78, 5) is 50.6. The number of hydrogen-bond donors (Lipinski definition) is 3. The fourth-order valence-electron chi connectivity index (χ4n) is 4.53. The molecule has 0 saturated heterocycles. The smallest absolute Gasteiger partial charge is 0.435 e. The molecule has 0 unspecified atom stereocenters. The van der Waals surface area contributed by atoms with E-state index in [1.54, 1.807) is 53.9 Å². The lowest BCUT2D eigenvalue weighted by Gasteiger charge is -2.37. The predicted molar refractivity (Wildman–Crippen MR) is 149 cm³/mol. The summed E-state index contributed by atoms with van der Waals surface area (Å²) in [6.45, 7) is 10.6. The first-order valence-corrected chi connectivity index (χ1v) is 13.6. The third kappa shape index (κ3) is 8.56. The topological polar surface area (TPSA) is 155 Å². The van der Waals surface area contributed by atoms with Gasteiger partial charge in [-0.1, -0.05) is 43.5 Å². The maximum absolute atomic E-state index is 13.5. The molecule has 1 aromatic carbocycles. The summed E-state index contributed by atoms with van der Waals surface area (Å²) in [7, 11) is 0. The Labute approximate surface area is 235 Å². The van der Waals surface area contributed by atoms with Crippen LogP contribution in [0.3, 0.4) is 0 Å². The average molecular weight is 556 g/mol. The van der Waals surface area contributed by atoms with E-state index >= 15 is 0 Å². The van der Waals surface area contributed by atoms with Crippen LogP contribution >= 0.6 is 0 Å². The largest absolute Gasteiger partial charge is 0.444 e. The molecular formula is C29H41N5O6. The van der Waals surface area contributed by atoms with Crippen LogP contribution in [0.1, 0.15) is 79.2 Å². The number of hydrogen-bond acceptors (Lipinski definition) is 7. The molecule has 4 N–H and O–H groups in total. The Balaban J connectivity index is 1.70. The maximum Gasteiger partial charge on any atom is 0.435 e. The van der Waals surface area contributed by atoms with Crippen molar-refractivity contribution in [2.75, 3.05) is 0 Å². The summed E-state index contributed by atoms with van der Waals surface area (Å²) in [6.07, 6.45) is 5.41. The Morgan fingerprint density at radius 2 is 1.55 bits per heavy atom. The van der Waals surface area contributed by atoms with Gasteiger partial charge in [-0.15, -0.1) is 0 Å². The van der Waals surface area contributed by atoms with E-state index < -0.39 is 46.8 Å². The molecule has 1 heterocycles. The molecular weight excluding hydrogens is 514 g/mol. The van der Waals surface area contributed by atoms with Crippen molar-refractivity contribution in [2.45, 2.75) is 103 Å². The Bertz CT molecular complexity index is 1220. The van der Waals surface area contributed by atoms with Crippen molar-refractivity contribution in [3.05, 3.63) is 42.2 Å². The quantitative estimate of drug-likeness (QED) is 0.465. The monoisotopic (exact) mass is 555 g/mol. The maximum atomic E-state index is 13.5. The number of nitrogens with two attached hydrogens (primary N) is 1. The van der Waals surface area contributed by atoms with Crippen molar-refractivity contribution in [1.82, 2.24) is 20.4 Å². The molecule has 3 amide bonds. The van der Waals surface area contributed by atoms with Crippen LogP contribution in [0.15, 0.2) is 36.7 Å². The SMILES string of the molecule is CC(C)(C)OC(=O)NC1(C(=O)N[C@@H](Cc2ccc(-c3cnn(C(=O)OC(C)(C)C)c3)cc2)C(N)=O)CCCCC1. The fraction of sp³-hybridized carbons (Fsp3) is 0.552. The van der Waals surface area contributed by atoms with Crippen LogP contribution in [0.2, 0.25) is 0 Å². The van der Waals surface area contributed by atoms with Crippen LogP contribution in [0.5, 0.6) is 0 Å². The van der Waals surface area contributed by atoms with Gasteiger partial charge in [0.1, 0.15) is 22.8 Å². The number of benzene rings is 1. The number of carbonyl (C=O) groups excluding carboxylic acids is 4. The molecule has 0 radical (unpaired) electrons. The highest BCUT2D eigenvalue weighted by Gasteiger charge is 2.43. The van der Waals surface area contributed by atoms with Crippen LogP contribution < -0.4 is 16.4 Å². The molecule has 2 aromatic rings. The molecule has 0 aliphatic heterocycles. The minimum absolute atomic E-state index is 0.168. The molecule has 1 aliphatic carbocycles. The van der Waals surface area contributed by atoms with Crippen molar-refractivity contribution in [3.8, 4) is 11.1 Å². The number of nitrogens with one attached hydrogen (secondary N) is 2. The molecule has 11 heteroatoms. The standard InChI is InChI=1S/C29H41N5O6/c1-27(2,3)39-25(37)33-29(14-8-7-9-15-29)24(36)32-22(23(30)35)16-19-10-12-20(13-11-19)21-17-31-34(18-21)26(38)40-28(4,5)6/h10-13,17-18,22H,7-9,14-16H2,1-6H3,(H2,30,35)(H,32,36)(H,33,37)/t22-/m0/s1.